The van der Waals surface area contributed by atoms with Crippen molar-refractivity contribution in [2.24, 2.45) is 0 Å². The molecule has 0 aliphatic carbocycles. The molecule has 2 heterocycles. The quantitative estimate of drug-likeness (QED) is 0.584. The van der Waals surface area contributed by atoms with Crippen LogP contribution >= 0.6 is 0 Å². The van der Waals surface area contributed by atoms with E-state index in [1.807, 2.05) is 30.3 Å². The van der Waals surface area contributed by atoms with E-state index in [4.69, 9.17) is 4.42 Å². The van der Waals surface area contributed by atoms with Crippen molar-refractivity contribution in [3.8, 4) is 17.2 Å². The average Bonchev–Trinajstić information content (AvgIpc) is 3.21. The number of aromatic nitrogens is 1. The minimum Gasteiger partial charge on any atom is -0.441 e. The van der Waals surface area contributed by atoms with Gasteiger partial charge in [0, 0.05) is 5.56 Å². The second kappa shape index (κ2) is 7.70. The summed E-state index contributed by atoms with van der Waals surface area (Å²) in [6.07, 6.45) is -4.83. The van der Waals surface area contributed by atoms with E-state index >= 15 is 0 Å². The number of halogens is 3. The fourth-order valence-corrected chi connectivity index (χ4v) is 3.45. The van der Waals surface area contributed by atoms with Gasteiger partial charge in [-0.05, 0) is 43.7 Å². The number of benzene rings is 2. The number of rotatable bonds is 5. The lowest BCUT2D eigenvalue weighted by molar-refractivity contribution is -0.274. The van der Waals surface area contributed by atoms with Crippen LogP contribution in [-0.2, 0) is 16.9 Å². The Morgan fingerprint density at radius 2 is 1.75 bits per heavy atom. The van der Waals surface area contributed by atoms with Crippen LogP contribution in [0.3, 0.4) is 0 Å². The van der Waals surface area contributed by atoms with Gasteiger partial charge in [-0.1, -0.05) is 30.3 Å². The van der Waals surface area contributed by atoms with Crippen LogP contribution in [0.4, 0.5) is 18.0 Å². The van der Waals surface area contributed by atoms with Crippen molar-refractivity contribution in [3.05, 3.63) is 71.6 Å². The molecule has 7 nitrogen and oxygen atoms in total. The Kier molecular flexibility index (Phi) is 5.15. The molecule has 1 atom stereocenters. The number of hydrogen-bond donors (Lipinski definition) is 1. The zero-order valence-corrected chi connectivity index (χ0v) is 17.1. The van der Waals surface area contributed by atoms with Gasteiger partial charge in [0.25, 0.3) is 5.91 Å². The van der Waals surface area contributed by atoms with Crippen molar-refractivity contribution >= 4 is 11.9 Å². The lowest BCUT2D eigenvalue weighted by atomic mass is 9.92. The fraction of sp³-hybridized carbons (Fsp3) is 0.227. The average molecular weight is 445 g/mol. The molecule has 1 aromatic heterocycles. The van der Waals surface area contributed by atoms with Crippen LogP contribution in [0.5, 0.6) is 5.75 Å². The summed E-state index contributed by atoms with van der Waals surface area (Å²) in [6, 6.07) is 13.3. The summed E-state index contributed by atoms with van der Waals surface area (Å²) in [5.74, 6) is -0.152. The van der Waals surface area contributed by atoms with Crippen LogP contribution in [-0.4, -0.2) is 28.2 Å². The maximum absolute atomic E-state index is 13.1. The van der Waals surface area contributed by atoms with Gasteiger partial charge in [0.05, 0.1) is 6.54 Å². The predicted molar refractivity (Wildman–Crippen MR) is 106 cm³/mol. The molecule has 1 unspecified atom stereocenters. The lowest BCUT2D eigenvalue weighted by Gasteiger charge is -2.22. The predicted octanol–water partition coefficient (Wildman–Crippen LogP) is 4.52. The molecule has 1 aliphatic heterocycles. The summed E-state index contributed by atoms with van der Waals surface area (Å²) < 4.78 is 46.7. The standard InChI is InChI=1S/C22H18F3N3O4/c1-13-17(26-18(31-13)14-6-4-3-5-7-14)12-28-19(29)21(2,27-20(28)30)15-8-10-16(11-9-15)32-22(23,24)25/h3-11H,12H2,1-2H3,(H,27,30). The minimum absolute atomic E-state index is 0.113. The van der Waals surface area contributed by atoms with Gasteiger partial charge in [0.1, 0.15) is 22.7 Å². The Labute approximate surface area is 180 Å². The number of hydrogen-bond acceptors (Lipinski definition) is 5. The molecule has 0 radical (unpaired) electrons. The molecule has 0 saturated carbocycles. The van der Waals surface area contributed by atoms with E-state index in [-0.39, 0.29) is 6.54 Å². The van der Waals surface area contributed by atoms with Crippen LogP contribution in [0.2, 0.25) is 0 Å². The third-order valence-corrected chi connectivity index (χ3v) is 5.16. The molecule has 3 amide bonds. The van der Waals surface area contributed by atoms with Crippen molar-refractivity contribution < 1.29 is 31.9 Å². The molecule has 1 aliphatic rings. The first-order valence-electron chi connectivity index (χ1n) is 9.59. The maximum atomic E-state index is 13.1. The van der Waals surface area contributed by atoms with Gasteiger partial charge in [-0.25, -0.2) is 9.78 Å². The molecule has 32 heavy (non-hydrogen) atoms. The van der Waals surface area contributed by atoms with Crippen molar-refractivity contribution in [1.82, 2.24) is 15.2 Å². The van der Waals surface area contributed by atoms with Crippen LogP contribution in [0, 0.1) is 6.92 Å². The first kappa shape index (κ1) is 21.4. The van der Waals surface area contributed by atoms with E-state index in [0.29, 0.717) is 22.9 Å². The van der Waals surface area contributed by atoms with Gasteiger partial charge in [0.15, 0.2) is 0 Å². The van der Waals surface area contributed by atoms with Gasteiger partial charge in [-0.2, -0.15) is 0 Å². The second-order valence-corrected chi connectivity index (χ2v) is 7.41. The SMILES string of the molecule is Cc1oc(-c2ccccc2)nc1CN1C(=O)NC(C)(c2ccc(OC(F)(F)F)cc2)C1=O. The van der Waals surface area contributed by atoms with E-state index in [2.05, 4.69) is 15.0 Å². The van der Waals surface area contributed by atoms with Gasteiger partial charge in [-0.15, -0.1) is 13.2 Å². The number of amides is 3. The Hall–Kier alpha value is -3.82. The maximum Gasteiger partial charge on any atom is 0.573 e. The highest BCUT2D eigenvalue weighted by atomic mass is 19.4. The molecule has 1 N–H and O–H groups in total. The van der Waals surface area contributed by atoms with E-state index in [0.717, 1.165) is 22.6 Å². The highest BCUT2D eigenvalue weighted by Gasteiger charge is 2.49. The molecule has 166 valence electrons. The highest BCUT2D eigenvalue weighted by Crippen LogP contribution is 2.32. The molecule has 10 heteroatoms. The summed E-state index contributed by atoms with van der Waals surface area (Å²) >= 11 is 0. The van der Waals surface area contributed by atoms with Crippen LogP contribution in [0.25, 0.3) is 11.5 Å². The zero-order chi connectivity index (χ0) is 23.1. The largest absolute Gasteiger partial charge is 0.573 e. The molecule has 1 fully saturated rings. The summed E-state index contributed by atoms with van der Waals surface area (Å²) in [5.41, 5.74) is 0.0404. The second-order valence-electron chi connectivity index (χ2n) is 7.41. The first-order valence-corrected chi connectivity index (χ1v) is 9.59. The Bertz CT molecular complexity index is 1160. The molecule has 3 aromatic rings. The lowest BCUT2D eigenvalue weighted by Crippen LogP contribution is -2.40. The van der Waals surface area contributed by atoms with E-state index < -0.39 is 29.6 Å². The highest BCUT2D eigenvalue weighted by molar-refractivity contribution is 6.07. The van der Waals surface area contributed by atoms with Crippen LogP contribution < -0.4 is 10.1 Å². The number of oxazole rings is 1. The molecule has 0 spiro atoms. The van der Waals surface area contributed by atoms with Gasteiger partial charge in [-0.3, -0.25) is 9.69 Å². The third kappa shape index (κ3) is 4.03. The number of nitrogens with one attached hydrogen (secondary N) is 1. The molecular formula is C22H18F3N3O4. The Morgan fingerprint density at radius 3 is 2.38 bits per heavy atom. The number of carbonyl (C=O) groups excluding carboxylic acids is 2. The summed E-state index contributed by atoms with van der Waals surface area (Å²) in [7, 11) is 0. The zero-order valence-electron chi connectivity index (χ0n) is 17.1. The summed E-state index contributed by atoms with van der Waals surface area (Å²) in [6.45, 7) is 3.06. The summed E-state index contributed by atoms with van der Waals surface area (Å²) in [5, 5.41) is 2.61. The minimum atomic E-state index is -4.83. The first-order chi connectivity index (χ1) is 15.1. The monoisotopic (exact) mass is 445 g/mol. The molecule has 1 saturated heterocycles. The van der Waals surface area contributed by atoms with E-state index in [1.165, 1.54) is 19.1 Å². The van der Waals surface area contributed by atoms with Crippen molar-refractivity contribution in [2.45, 2.75) is 32.3 Å². The topological polar surface area (TPSA) is 84.7 Å². The van der Waals surface area contributed by atoms with Crippen molar-refractivity contribution in [1.29, 1.82) is 0 Å². The Morgan fingerprint density at radius 1 is 1.09 bits per heavy atom. The van der Waals surface area contributed by atoms with Gasteiger partial charge < -0.3 is 14.5 Å². The molecular weight excluding hydrogens is 427 g/mol. The number of urea groups is 1. The number of alkyl halides is 3. The third-order valence-electron chi connectivity index (χ3n) is 5.16. The van der Waals surface area contributed by atoms with Gasteiger partial charge in [0.2, 0.25) is 5.89 Å². The number of imide groups is 1. The van der Waals surface area contributed by atoms with Crippen molar-refractivity contribution in [2.75, 3.05) is 0 Å². The number of aryl methyl sites for hydroxylation is 1. The van der Waals surface area contributed by atoms with Crippen LogP contribution in [0.1, 0.15) is 23.9 Å². The molecule has 4 rings (SSSR count). The number of ether oxygens (including phenoxy) is 1. The fourth-order valence-electron chi connectivity index (χ4n) is 3.45. The van der Waals surface area contributed by atoms with E-state index in [1.54, 1.807) is 6.92 Å². The smallest absolute Gasteiger partial charge is 0.441 e. The molecule has 2 aromatic carbocycles. The van der Waals surface area contributed by atoms with Gasteiger partial charge >= 0.3 is 12.4 Å². The number of carbonyl (C=O) groups is 2. The number of nitrogens with zero attached hydrogens (tertiary/aromatic N) is 2. The Balaban J connectivity index is 1.55. The van der Waals surface area contributed by atoms with E-state index in [9.17, 15) is 22.8 Å². The summed E-state index contributed by atoms with van der Waals surface area (Å²) in [4.78, 5) is 31.1. The van der Waals surface area contributed by atoms with Crippen molar-refractivity contribution in [3.63, 3.8) is 0 Å². The molecule has 0 bridgehead atoms. The normalized spacial score (nSPS) is 18.7. The van der Waals surface area contributed by atoms with Crippen LogP contribution in [0.15, 0.2) is 59.0 Å².